The van der Waals surface area contributed by atoms with E-state index in [0.717, 1.165) is 5.56 Å². The second kappa shape index (κ2) is 15.8. The average molecular weight is 749 g/mol. The molecule has 1 aromatic heterocycles. The van der Waals surface area contributed by atoms with E-state index in [0.29, 0.717) is 55.2 Å². The van der Waals surface area contributed by atoms with Gasteiger partial charge in [-0.3, -0.25) is 14.2 Å². The number of aliphatic carboxylic acids is 1. The Hall–Kier alpha value is -4.24. The van der Waals surface area contributed by atoms with Gasteiger partial charge in [0, 0.05) is 19.8 Å². The number of anilines is 4. The number of carbonyl (C=O) groups is 2. The number of hydrogen-bond acceptors (Lipinski definition) is 11. The number of aromatic nitrogens is 2. The molecule has 0 spiro atoms. The molecule has 3 aromatic rings. The third-order valence-corrected chi connectivity index (χ3v) is 11.5. The molecule has 2 heterocycles. The van der Waals surface area contributed by atoms with Crippen LogP contribution in [-0.4, -0.2) is 71.3 Å². The molecule has 0 unspecified atom stereocenters. The number of amides is 1. The number of nitrogens with zero attached hydrogens (tertiary/aromatic N) is 3. The Morgan fingerprint density at radius 2 is 1.75 bits per heavy atom. The van der Waals surface area contributed by atoms with Crippen molar-refractivity contribution in [3.8, 4) is 5.75 Å². The van der Waals surface area contributed by atoms with E-state index in [2.05, 4.69) is 25.9 Å². The van der Waals surface area contributed by atoms with Gasteiger partial charge in [-0.2, -0.15) is 18.2 Å². The molecule has 0 saturated heterocycles. The number of alkyl halides is 3. The van der Waals surface area contributed by atoms with Crippen LogP contribution in [0.15, 0.2) is 36.5 Å². The highest BCUT2D eigenvalue weighted by molar-refractivity contribution is 7.53. The van der Waals surface area contributed by atoms with Gasteiger partial charge in [0.15, 0.2) is 0 Å². The predicted molar refractivity (Wildman–Crippen MR) is 189 cm³/mol. The number of ether oxygens (including phenoxy) is 1. The second-order valence-electron chi connectivity index (χ2n) is 12.8. The molecule has 0 atom stereocenters. The van der Waals surface area contributed by atoms with Gasteiger partial charge < -0.3 is 39.7 Å². The van der Waals surface area contributed by atoms with Gasteiger partial charge in [-0.05, 0) is 86.9 Å². The number of likely N-dealkylation sites (N-methyl/N-ethyl adjacent to an activating group) is 1. The van der Waals surface area contributed by atoms with Gasteiger partial charge in [0.05, 0.1) is 43.4 Å². The summed E-state index contributed by atoms with van der Waals surface area (Å²) in [4.78, 5) is 35.2. The molecule has 1 amide bonds. The standard InChI is InChI=1S/C35H44F3N6O7P/c1-6-40-34(32(46)47)15-13-22(14-16-34)23-10-12-27(29-24(23)19-44(4)31(29)45)41-30-25(35(36,37)38)18-39-33(43-30)42-26-11-9-21(17-28(26)49-5)20-52(48,50-7-2)51-8-3/h9-12,17-18,22,40H,6-8,13-16,19-20H2,1-5H3,(H,46,47)(H2,39,41,42,43). The van der Waals surface area contributed by atoms with E-state index >= 15 is 0 Å². The molecule has 52 heavy (non-hydrogen) atoms. The summed E-state index contributed by atoms with van der Waals surface area (Å²) in [5.41, 5.74) is 0.733. The van der Waals surface area contributed by atoms with Crippen LogP contribution in [0.5, 0.6) is 5.75 Å². The van der Waals surface area contributed by atoms with E-state index in [1.807, 2.05) is 6.92 Å². The van der Waals surface area contributed by atoms with Crippen LogP contribution in [-0.2, 0) is 37.3 Å². The monoisotopic (exact) mass is 748 g/mol. The van der Waals surface area contributed by atoms with Crippen molar-refractivity contribution in [1.82, 2.24) is 20.2 Å². The lowest BCUT2D eigenvalue weighted by molar-refractivity contribution is -0.146. The quantitative estimate of drug-likeness (QED) is 0.114. The molecule has 1 aliphatic carbocycles. The first-order valence-corrected chi connectivity index (χ1v) is 18.8. The molecule has 0 bridgehead atoms. The van der Waals surface area contributed by atoms with Crippen LogP contribution in [0.25, 0.3) is 0 Å². The number of carbonyl (C=O) groups excluding carboxylic acids is 1. The predicted octanol–water partition coefficient (Wildman–Crippen LogP) is 7.43. The highest BCUT2D eigenvalue weighted by Crippen LogP contribution is 2.52. The van der Waals surface area contributed by atoms with Crippen molar-refractivity contribution < 1.29 is 46.2 Å². The fourth-order valence-corrected chi connectivity index (χ4v) is 8.65. The molecule has 1 aliphatic heterocycles. The van der Waals surface area contributed by atoms with Gasteiger partial charge in [0.2, 0.25) is 5.95 Å². The second-order valence-corrected chi connectivity index (χ2v) is 14.8. The Bertz CT molecular complexity index is 1840. The van der Waals surface area contributed by atoms with E-state index in [9.17, 15) is 32.4 Å². The van der Waals surface area contributed by atoms with Crippen LogP contribution in [0.2, 0.25) is 0 Å². The number of fused-ring (bicyclic) bond motifs is 1. The first-order chi connectivity index (χ1) is 24.7. The highest BCUT2D eigenvalue weighted by Gasteiger charge is 2.43. The smallest absolute Gasteiger partial charge is 0.421 e. The van der Waals surface area contributed by atoms with Crippen molar-refractivity contribution in [3.63, 3.8) is 0 Å². The first kappa shape index (κ1) is 39.0. The Morgan fingerprint density at radius 3 is 2.35 bits per heavy atom. The average Bonchev–Trinajstić information content (AvgIpc) is 3.39. The van der Waals surface area contributed by atoms with Gasteiger partial charge in [-0.25, -0.2) is 4.98 Å². The van der Waals surface area contributed by atoms with Crippen LogP contribution in [0.1, 0.15) is 85.0 Å². The number of carboxylic acid groups (broad SMARTS) is 1. The molecular formula is C35H44F3N6O7P. The van der Waals surface area contributed by atoms with Gasteiger partial charge in [0.25, 0.3) is 5.91 Å². The topological polar surface area (TPSA) is 164 Å². The van der Waals surface area contributed by atoms with Crippen molar-refractivity contribution >= 4 is 42.6 Å². The Kier molecular flexibility index (Phi) is 11.8. The summed E-state index contributed by atoms with van der Waals surface area (Å²) >= 11 is 0. The van der Waals surface area contributed by atoms with E-state index < -0.39 is 36.7 Å². The molecule has 2 aliphatic rings. The molecule has 4 N–H and O–H groups in total. The Morgan fingerprint density at radius 1 is 1.08 bits per heavy atom. The summed E-state index contributed by atoms with van der Waals surface area (Å²) in [5.74, 6) is -1.74. The Labute approximate surface area is 300 Å². The third kappa shape index (κ3) is 8.20. The van der Waals surface area contributed by atoms with Crippen LogP contribution in [0, 0.1) is 0 Å². The van der Waals surface area contributed by atoms with Crippen molar-refractivity contribution in [1.29, 1.82) is 0 Å². The zero-order valence-corrected chi connectivity index (χ0v) is 30.6. The first-order valence-electron chi connectivity index (χ1n) is 17.1. The fraction of sp³-hybridized carbons (Fsp3) is 0.486. The maximum atomic E-state index is 14.3. The summed E-state index contributed by atoms with van der Waals surface area (Å²) in [6.45, 7) is 6.45. The summed E-state index contributed by atoms with van der Waals surface area (Å²) in [7, 11) is -0.389. The van der Waals surface area contributed by atoms with E-state index in [-0.39, 0.29) is 60.7 Å². The van der Waals surface area contributed by atoms with E-state index in [1.165, 1.54) is 12.0 Å². The SMILES string of the molecule is CCNC1(C(=O)O)CCC(c2ccc(Nc3nc(Nc4ccc(CP(=O)(OCC)OCC)cc4OC)ncc3C(F)(F)F)c3c2CN(C)C3=O)CC1. The Balaban J connectivity index is 1.45. The number of benzene rings is 2. The molecule has 1 saturated carbocycles. The molecule has 282 valence electrons. The lowest BCUT2D eigenvalue weighted by atomic mass is 9.73. The van der Waals surface area contributed by atoms with Gasteiger partial charge in [0.1, 0.15) is 22.7 Å². The largest absolute Gasteiger partial charge is 0.495 e. The molecule has 0 radical (unpaired) electrons. The van der Waals surface area contributed by atoms with Crippen molar-refractivity contribution in [2.24, 2.45) is 0 Å². The van der Waals surface area contributed by atoms with Crippen LogP contribution in [0.4, 0.5) is 36.3 Å². The normalized spacial score (nSPS) is 19.0. The molecular weight excluding hydrogens is 704 g/mol. The summed E-state index contributed by atoms with van der Waals surface area (Å²) < 4.78 is 72.2. The van der Waals surface area contributed by atoms with Gasteiger partial charge >= 0.3 is 19.7 Å². The number of methoxy groups -OCH3 is 1. The minimum atomic E-state index is -4.83. The number of hydrogen-bond donors (Lipinski definition) is 4. The minimum absolute atomic E-state index is 0.0207. The molecule has 17 heteroatoms. The zero-order valence-electron chi connectivity index (χ0n) is 29.7. The summed E-state index contributed by atoms with van der Waals surface area (Å²) in [5, 5.41) is 18.7. The maximum Gasteiger partial charge on any atom is 0.421 e. The molecule has 1 fully saturated rings. The van der Waals surface area contributed by atoms with Gasteiger partial charge in [-0.1, -0.05) is 19.1 Å². The number of halogens is 3. The third-order valence-electron chi connectivity index (χ3n) is 9.40. The summed E-state index contributed by atoms with van der Waals surface area (Å²) in [6.07, 6.45) is -2.25. The number of rotatable bonds is 15. The van der Waals surface area contributed by atoms with Crippen LogP contribution in [0.3, 0.4) is 0 Å². The lowest BCUT2D eigenvalue weighted by Gasteiger charge is -2.38. The molecule has 5 rings (SSSR count). The van der Waals surface area contributed by atoms with Crippen molar-refractivity contribution in [2.45, 2.75) is 76.8 Å². The van der Waals surface area contributed by atoms with Crippen LogP contribution >= 0.6 is 7.60 Å². The number of nitrogens with one attached hydrogen (secondary N) is 3. The maximum absolute atomic E-state index is 14.3. The van der Waals surface area contributed by atoms with E-state index in [1.54, 1.807) is 51.2 Å². The summed E-state index contributed by atoms with van der Waals surface area (Å²) in [6, 6.07) is 8.23. The van der Waals surface area contributed by atoms with Crippen molar-refractivity contribution in [2.75, 3.05) is 44.5 Å². The van der Waals surface area contributed by atoms with Crippen molar-refractivity contribution in [3.05, 3.63) is 64.3 Å². The minimum Gasteiger partial charge on any atom is -0.495 e. The zero-order chi connectivity index (χ0) is 37.8. The lowest BCUT2D eigenvalue weighted by Crippen LogP contribution is -2.53. The fourth-order valence-electron chi connectivity index (χ4n) is 6.97. The number of carboxylic acids is 1. The molecule has 2 aromatic carbocycles. The molecule has 13 nitrogen and oxygen atoms in total. The van der Waals surface area contributed by atoms with Gasteiger partial charge in [-0.15, -0.1) is 0 Å². The van der Waals surface area contributed by atoms with Crippen LogP contribution < -0.4 is 20.7 Å². The van der Waals surface area contributed by atoms with E-state index in [4.69, 9.17) is 13.8 Å². The highest BCUT2D eigenvalue weighted by atomic mass is 31.2.